The molecule has 0 radical (unpaired) electrons. The Bertz CT molecular complexity index is 325. The lowest BCUT2D eigenvalue weighted by Crippen LogP contribution is -2.42. The second kappa shape index (κ2) is 7.22. The number of nitrogens with two attached hydrogens (primary N) is 1. The SMILES string of the molecule is CCSCCC(CN)N(Cc1ccco1)C1CC1. The molecule has 0 bridgehead atoms. The molecule has 2 rings (SSSR count). The Morgan fingerprint density at radius 3 is 2.94 bits per heavy atom. The first-order chi connectivity index (χ1) is 8.85. The van der Waals surface area contributed by atoms with Gasteiger partial charge in [0, 0.05) is 18.6 Å². The first kappa shape index (κ1) is 14.0. The zero-order valence-corrected chi connectivity index (χ0v) is 12.0. The second-order valence-corrected chi connectivity index (χ2v) is 6.25. The number of hydrogen-bond acceptors (Lipinski definition) is 4. The number of nitrogens with zero attached hydrogens (tertiary/aromatic N) is 1. The standard InChI is InChI=1S/C14H24N2OS/c1-2-18-9-7-13(10-15)16(12-5-6-12)11-14-4-3-8-17-14/h3-4,8,12-13H,2,5-7,9-11,15H2,1H3. The summed E-state index contributed by atoms with van der Waals surface area (Å²) in [5, 5.41) is 0. The Labute approximate surface area is 114 Å². The molecule has 1 aromatic rings. The minimum Gasteiger partial charge on any atom is -0.468 e. The normalized spacial score (nSPS) is 17.3. The summed E-state index contributed by atoms with van der Waals surface area (Å²) in [6.45, 7) is 3.88. The van der Waals surface area contributed by atoms with Gasteiger partial charge in [-0.25, -0.2) is 0 Å². The zero-order chi connectivity index (χ0) is 12.8. The number of thioether (sulfide) groups is 1. The van der Waals surface area contributed by atoms with Crippen LogP contribution >= 0.6 is 11.8 Å². The monoisotopic (exact) mass is 268 g/mol. The molecule has 18 heavy (non-hydrogen) atoms. The van der Waals surface area contributed by atoms with E-state index >= 15 is 0 Å². The van der Waals surface area contributed by atoms with Crippen LogP contribution in [0.2, 0.25) is 0 Å². The van der Waals surface area contributed by atoms with Crippen molar-refractivity contribution in [1.82, 2.24) is 4.90 Å². The van der Waals surface area contributed by atoms with Crippen molar-refractivity contribution in [3.8, 4) is 0 Å². The summed E-state index contributed by atoms with van der Waals surface area (Å²) in [6, 6.07) is 5.26. The van der Waals surface area contributed by atoms with Crippen LogP contribution in [0.5, 0.6) is 0 Å². The van der Waals surface area contributed by atoms with E-state index in [0.717, 1.165) is 24.9 Å². The van der Waals surface area contributed by atoms with Crippen LogP contribution < -0.4 is 5.73 Å². The van der Waals surface area contributed by atoms with E-state index in [0.29, 0.717) is 6.04 Å². The smallest absolute Gasteiger partial charge is 0.117 e. The third-order valence-electron chi connectivity index (χ3n) is 3.48. The molecule has 0 amide bonds. The van der Waals surface area contributed by atoms with E-state index in [-0.39, 0.29) is 0 Å². The molecular weight excluding hydrogens is 244 g/mol. The van der Waals surface area contributed by atoms with Gasteiger partial charge in [0.1, 0.15) is 5.76 Å². The summed E-state index contributed by atoms with van der Waals surface area (Å²) >= 11 is 2.00. The van der Waals surface area contributed by atoms with Crippen LogP contribution in [0.4, 0.5) is 0 Å². The van der Waals surface area contributed by atoms with Crippen LogP contribution in [0.25, 0.3) is 0 Å². The summed E-state index contributed by atoms with van der Waals surface area (Å²) in [5.41, 5.74) is 5.97. The van der Waals surface area contributed by atoms with Crippen LogP contribution in [-0.4, -0.2) is 35.0 Å². The van der Waals surface area contributed by atoms with E-state index in [2.05, 4.69) is 17.9 Å². The van der Waals surface area contributed by atoms with Crippen LogP contribution in [0, 0.1) is 0 Å². The molecule has 3 nitrogen and oxygen atoms in total. The van der Waals surface area contributed by atoms with E-state index in [1.807, 2.05) is 17.8 Å². The van der Waals surface area contributed by atoms with Crippen molar-refractivity contribution >= 4 is 11.8 Å². The van der Waals surface area contributed by atoms with Crippen LogP contribution in [-0.2, 0) is 6.54 Å². The summed E-state index contributed by atoms with van der Waals surface area (Å²) in [7, 11) is 0. The first-order valence-electron chi connectivity index (χ1n) is 6.91. The minimum absolute atomic E-state index is 0.502. The van der Waals surface area contributed by atoms with Crippen molar-refractivity contribution in [1.29, 1.82) is 0 Å². The van der Waals surface area contributed by atoms with Crippen molar-refractivity contribution in [2.75, 3.05) is 18.1 Å². The van der Waals surface area contributed by atoms with Crippen molar-refractivity contribution in [3.05, 3.63) is 24.2 Å². The van der Waals surface area contributed by atoms with Gasteiger partial charge in [0.05, 0.1) is 12.8 Å². The summed E-state index contributed by atoms with van der Waals surface area (Å²) in [5.74, 6) is 3.46. The zero-order valence-electron chi connectivity index (χ0n) is 11.2. The molecule has 1 saturated carbocycles. The molecule has 1 aliphatic rings. The van der Waals surface area contributed by atoms with Crippen molar-refractivity contribution in [2.24, 2.45) is 5.73 Å². The second-order valence-electron chi connectivity index (χ2n) is 4.86. The predicted octanol–water partition coefficient (Wildman–Crippen LogP) is 2.71. The fourth-order valence-electron chi connectivity index (χ4n) is 2.33. The molecule has 0 saturated heterocycles. The third kappa shape index (κ3) is 4.04. The predicted molar refractivity (Wildman–Crippen MR) is 77.7 cm³/mol. The van der Waals surface area contributed by atoms with Gasteiger partial charge in [0.2, 0.25) is 0 Å². The minimum atomic E-state index is 0.502. The van der Waals surface area contributed by atoms with Crippen molar-refractivity contribution in [2.45, 2.75) is 44.8 Å². The van der Waals surface area contributed by atoms with Gasteiger partial charge in [0.15, 0.2) is 0 Å². The average Bonchev–Trinajstić information content (AvgIpc) is 3.10. The van der Waals surface area contributed by atoms with Gasteiger partial charge in [-0.2, -0.15) is 11.8 Å². The maximum atomic E-state index is 5.97. The highest BCUT2D eigenvalue weighted by Gasteiger charge is 2.33. The molecule has 1 aliphatic carbocycles. The highest BCUT2D eigenvalue weighted by Crippen LogP contribution is 2.31. The quantitative estimate of drug-likeness (QED) is 0.699. The maximum Gasteiger partial charge on any atom is 0.117 e. The molecule has 1 fully saturated rings. The molecule has 1 atom stereocenters. The highest BCUT2D eigenvalue weighted by atomic mass is 32.2. The van der Waals surface area contributed by atoms with Gasteiger partial charge < -0.3 is 10.2 Å². The van der Waals surface area contributed by atoms with E-state index in [1.165, 1.54) is 30.8 Å². The molecule has 1 unspecified atom stereocenters. The van der Waals surface area contributed by atoms with Crippen LogP contribution in [0.15, 0.2) is 22.8 Å². The molecule has 0 spiro atoms. The molecule has 2 N–H and O–H groups in total. The molecule has 4 heteroatoms. The molecule has 0 aliphatic heterocycles. The van der Waals surface area contributed by atoms with E-state index in [9.17, 15) is 0 Å². The molecule has 0 aromatic carbocycles. The number of hydrogen-bond donors (Lipinski definition) is 1. The number of furan rings is 1. The van der Waals surface area contributed by atoms with Crippen LogP contribution in [0.3, 0.4) is 0 Å². The van der Waals surface area contributed by atoms with E-state index in [4.69, 9.17) is 10.2 Å². The lowest BCUT2D eigenvalue weighted by Gasteiger charge is -2.30. The van der Waals surface area contributed by atoms with E-state index < -0.39 is 0 Å². The average molecular weight is 268 g/mol. The van der Waals surface area contributed by atoms with Crippen LogP contribution in [0.1, 0.15) is 31.9 Å². The fraction of sp³-hybridized carbons (Fsp3) is 0.714. The Hall–Kier alpha value is -0.450. The Kier molecular flexibility index (Phi) is 5.60. The Morgan fingerprint density at radius 1 is 1.56 bits per heavy atom. The number of rotatable bonds is 9. The van der Waals surface area contributed by atoms with Crippen molar-refractivity contribution in [3.63, 3.8) is 0 Å². The molecular formula is C14H24N2OS. The van der Waals surface area contributed by atoms with Gasteiger partial charge in [-0.15, -0.1) is 0 Å². The Morgan fingerprint density at radius 2 is 2.39 bits per heavy atom. The van der Waals surface area contributed by atoms with Crippen molar-refractivity contribution < 1.29 is 4.42 Å². The van der Waals surface area contributed by atoms with Gasteiger partial charge >= 0.3 is 0 Å². The van der Waals surface area contributed by atoms with Gasteiger partial charge in [0.25, 0.3) is 0 Å². The van der Waals surface area contributed by atoms with Gasteiger partial charge in [-0.1, -0.05) is 6.92 Å². The maximum absolute atomic E-state index is 5.97. The molecule has 1 heterocycles. The summed E-state index contributed by atoms with van der Waals surface area (Å²) < 4.78 is 5.47. The highest BCUT2D eigenvalue weighted by molar-refractivity contribution is 7.99. The summed E-state index contributed by atoms with van der Waals surface area (Å²) in [4.78, 5) is 2.55. The summed E-state index contributed by atoms with van der Waals surface area (Å²) in [6.07, 6.45) is 5.58. The first-order valence-corrected chi connectivity index (χ1v) is 8.06. The van der Waals surface area contributed by atoms with E-state index in [1.54, 1.807) is 6.26 Å². The fourth-order valence-corrected chi connectivity index (χ4v) is 3.06. The lowest BCUT2D eigenvalue weighted by atomic mass is 10.1. The third-order valence-corrected chi connectivity index (χ3v) is 4.41. The lowest BCUT2D eigenvalue weighted by molar-refractivity contribution is 0.164. The Balaban J connectivity index is 1.89. The van der Waals surface area contributed by atoms with Gasteiger partial charge in [-0.3, -0.25) is 4.90 Å². The molecule has 1 aromatic heterocycles. The largest absolute Gasteiger partial charge is 0.468 e. The van der Waals surface area contributed by atoms with Gasteiger partial charge in [-0.05, 0) is 42.9 Å². The topological polar surface area (TPSA) is 42.4 Å². The molecule has 102 valence electrons.